The van der Waals surface area contributed by atoms with Gasteiger partial charge in [-0.3, -0.25) is 9.69 Å². The molecule has 0 aromatic carbocycles. The number of imidazole rings is 1. The SMILES string of the molecule is CC(C)NC(=O)c1cc2c(s1)C1(CCN(Cc3cncn3C)CC1)OCC2. The number of hydrogen-bond donors (Lipinski definition) is 1. The molecule has 7 heteroatoms. The van der Waals surface area contributed by atoms with Gasteiger partial charge in [0, 0.05) is 43.8 Å². The number of nitrogens with zero attached hydrogens (tertiary/aromatic N) is 3. The van der Waals surface area contributed by atoms with Gasteiger partial charge in [0.1, 0.15) is 5.60 Å². The number of nitrogens with one attached hydrogen (secondary N) is 1. The fourth-order valence-electron chi connectivity index (χ4n) is 4.08. The Morgan fingerprint density at radius 3 is 2.85 bits per heavy atom. The van der Waals surface area contributed by atoms with Gasteiger partial charge >= 0.3 is 0 Å². The fourth-order valence-corrected chi connectivity index (χ4v) is 5.39. The number of rotatable bonds is 4. The highest BCUT2D eigenvalue weighted by molar-refractivity contribution is 7.14. The van der Waals surface area contributed by atoms with Crippen molar-refractivity contribution in [3.63, 3.8) is 0 Å². The third-order valence-electron chi connectivity index (χ3n) is 5.58. The molecule has 2 aromatic heterocycles. The summed E-state index contributed by atoms with van der Waals surface area (Å²) in [5, 5.41) is 3.01. The Morgan fingerprint density at radius 1 is 1.41 bits per heavy atom. The van der Waals surface area contributed by atoms with Crippen molar-refractivity contribution in [2.45, 2.75) is 51.3 Å². The molecule has 0 atom stereocenters. The quantitative estimate of drug-likeness (QED) is 0.875. The van der Waals surface area contributed by atoms with Gasteiger partial charge in [0.25, 0.3) is 5.91 Å². The number of piperidine rings is 1. The molecule has 1 amide bonds. The number of aromatic nitrogens is 2. The molecule has 0 aliphatic carbocycles. The van der Waals surface area contributed by atoms with Crippen LogP contribution in [0.5, 0.6) is 0 Å². The zero-order valence-electron chi connectivity index (χ0n) is 16.3. The number of thiophene rings is 1. The summed E-state index contributed by atoms with van der Waals surface area (Å²) < 4.78 is 8.43. The number of amides is 1. The van der Waals surface area contributed by atoms with Crippen molar-refractivity contribution in [3.8, 4) is 0 Å². The van der Waals surface area contributed by atoms with Crippen LogP contribution in [-0.4, -0.2) is 46.1 Å². The molecule has 4 rings (SSSR count). The third kappa shape index (κ3) is 3.68. The maximum absolute atomic E-state index is 12.4. The predicted octanol–water partition coefficient (Wildman–Crippen LogP) is 2.68. The Bertz CT molecular complexity index is 818. The molecule has 1 spiro atoms. The van der Waals surface area contributed by atoms with Crippen LogP contribution in [0.4, 0.5) is 0 Å². The summed E-state index contributed by atoms with van der Waals surface area (Å²) in [6, 6.07) is 2.24. The number of aryl methyl sites for hydroxylation is 1. The van der Waals surface area contributed by atoms with E-state index in [1.54, 1.807) is 11.3 Å². The van der Waals surface area contributed by atoms with Crippen LogP contribution in [0.1, 0.15) is 52.5 Å². The maximum atomic E-state index is 12.4. The second kappa shape index (κ2) is 7.37. The number of carbonyl (C=O) groups is 1. The van der Waals surface area contributed by atoms with Crippen molar-refractivity contribution < 1.29 is 9.53 Å². The van der Waals surface area contributed by atoms with Gasteiger partial charge < -0.3 is 14.6 Å². The Labute approximate surface area is 164 Å². The van der Waals surface area contributed by atoms with Gasteiger partial charge in [0.15, 0.2) is 0 Å². The van der Waals surface area contributed by atoms with Gasteiger partial charge in [-0.05, 0) is 44.7 Å². The lowest BCUT2D eigenvalue weighted by atomic mass is 9.85. The first-order valence-electron chi connectivity index (χ1n) is 9.72. The van der Waals surface area contributed by atoms with E-state index in [4.69, 9.17) is 4.74 Å². The molecule has 1 N–H and O–H groups in total. The highest BCUT2D eigenvalue weighted by Crippen LogP contribution is 2.45. The molecular formula is C20H28N4O2S. The standard InChI is InChI=1S/C20H28N4O2S/c1-14(2)22-19(25)17-10-15-4-9-26-20(18(15)27-17)5-7-24(8-6-20)12-16-11-21-13-23(16)3/h10-11,13-14H,4-9,12H2,1-3H3,(H,22,25). The van der Waals surface area contributed by atoms with E-state index in [0.717, 1.165) is 50.4 Å². The van der Waals surface area contributed by atoms with Gasteiger partial charge in [-0.2, -0.15) is 0 Å². The minimum absolute atomic E-state index is 0.0354. The van der Waals surface area contributed by atoms with Gasteiger partial charge in [-0.1, -0.05) is 0 Å². The van der Waals surface area contributed by atoms with E-state index in [0.29, 0.717) is 0 Å². The molecule has 4 heterocycles. The van der Waals surface area contributed by atoms with Gasteiger partial charge in [0.2, 0.25) is 0 Å². The van der Waals surface area contributed by atoms with Crippen LogP contribution in [-0.2, 0) is 30.4 Å². The summed E-state index contributed by atoms with van der Waals surface area (Å²) in [5.41, 5.74) is 2.33. The monoisotopic (exact) mass is 388 g/mol. The van der Waals surface area contributed by atoms with Crippen molar-refractivity contribution in [2.24, 2.45) is 7.05 Å². The topological polar surface area (TPSA) is 59.4 Å². The molecule has 2 aromatic rings. The number of fused-ring (bicyclic) bond motifs is 2. The first-order chi connectivity index (χ1) is 13.0. The van der Waals surface area contributed by atoms with Crippen LogP contribution < -0.4 is 5.32 Å². The lowest BCUT2D eigenvalue weighted by Gasteiger charge is -2.43. The van der Waals surface area contributed by atoms with Crippen molar-refractivity contribution in [1.82, 2.24) is 19.8 Å². The van der Waals surface area contributed by atoms with Crippen LogP contribution in [0.2, 0.25) is 0 Å². The summed E-state index contributed by atoms with van der Waals surface area (Å²) in [7, 11) is 2.04. The number of ether oxygens (including phenoxy) is 1. The lowest BCUT2D eigenvalue weighted by molar-refractivity contribution is -0.0962. The Hall–Kier alpha value is -1.70. The Kier molecular flexibility index (Phi) is 5.09. The van der Waals surface area contributed by atoms with Crippen LogP contribution in [0, 0.1) is 0 Å². The van der Waals surface area contributed by atoms with Crippen molar-refractivity contribution in [3.05, 3.63) is 39.6 Å². The molecule has 27 heavy (non-hydrogen) atoms. The Balaban J connectivity index is 1.48. The van der Waals surface area contributed by atoms with E-state index in [1.807, 2.05) is 33.4 Å². The molecule has 2 aliphatic rings. The van der Waals surface area contributed by atoms with Crippen molar-refractivity contribution in [1.29, 1.82) is 0 Å². The Morgan fingerprint density at radius 2 is 2.19 bits per heavy atom. The molecule has 1 fully saturated rings. The van der Waals surface area contributed by atoms with E-state index in [1.165, 1.54) is 16.1 Å². The van der Waals surface area contributed by atoms with Crippen LogP contribution in [0.25, 0.3) is 0 Å². The highest BCUT2D eigenvalue weighted by Gasteiger charge is 2.42. The molecule has 1 saturated heterocycles. The van der Waals surface area contributed by atoms with Crippen molar-refractivity contribution in [2.75, 3.05) is 19.7 Å². The van der Waals surface area contributed by atoms with Crippen LogP contribution >= 0.6 is 11.3 Å². The van der Waals surface area contributed by atoms with E-state index >= 15 is 0 Å². The van der Waals surface area contributed by atoms with E-state index in [2.05, 4.69) is 25.8 Å². The normalized spacial score (nSPS) is 19.4. The molecule has 0 saturated carbocycles. The summed E-state index contributed by atoms with van der Waals surface area (Å²) >= 11 is 1.63. The number of likely N-dealkylation sites (tertiary alicyclic amines) is 1. The second-order valence-corrected chi connectivity index (χ2v) is 9.01. The van der Waals surface area contributed by atoms with Crippen LogP contribution in [0.15, 0.2) is 18.6 Å². The maximum Gasteiger partial charge on any atom is 0.261 e. The first kappa shape index (κ1) is 18.7. The molecule has 2 aliphatic heterocycles. The largest absolute Gasteiger partial charge is 0.369 e. The fraction of sp³-hybridized carbons (Fsp3) is 0.600. The summed E-state index contributed by atoms with van der Waals surface area (Å²) in [6.45, 7) is 7.65. The molecule has 146 valence electrons. The minimum Gasteiger partial charge on any atom is -0.369 e. The summed E-state index contributed by atoms with van der Waals surface area (Å²) in [4.78, 5) is 21.2. The lowest BCUT2D eigenvalue weighted by Crippen LogP contribution is -2.45. The summed E-state index contributed by atoms with van der Waals surface area (Å²) in [5.74, 6) is 0.0354. The highest BCUT2D eigenvalue weighted by atomic mass is 32.1. The molecular weight excluding hydrogens is 360 g/mol. The second-order valence-electron chi connectivity index (χ2n) is 7.96. The van der Waals surface area contributed by atoms with Gasteiger partial charge in [-0.15, -0.1) is 11.3 Å². The third-order valence-corrected chi connectivity index (χ3v) is 6.94. The average molecular weight is 389 g/mol. The van der Waals surface area contributed by atoms with E-state index in [-0.39, 0.29) is 17.6 Å². The first-order valence-corrected chi connectivity index (χ1v) is 10.5. The summed E-state index contributed by atoms with van der Waals surface area (Å²) in [6.07, 6.45) is 6.65. The van der Waals surface area contributed by atoms with Crippen LogP contribution in [0.3, 0.4) is 0 Å². The van der Waals surface area contributed by atoms with Gasteiger partial charge in [-0.25, -0.2) is 4.98 Å². The van der Waals surface area contributed by atoms with E-state index < -0.39 is 0 Å². The molecule has 0 unspecified atom stereocenters. The van der Waals surface area contributed by atoms with Gasteiger partial charge in [0.05, 0.1) is 23.5 Å². The molecule has 0 radical (unpaired) electrons. The smallest absolute Gasteiger partial charge is 0.261 e. The van der Waals surface area contributed by atoms with Crippen molar-refractivity contribution >= 4 is 17.2 Å². The zero-order valence-corrected chi connectivity index (χ0v) is 17.1. The predicted molar refractivity (Wildman–Crippen MR) is 106 cm³/mol. The average Bonchev–Trinajstić information content (AvgIpc) is 3.24. The number of hydrogen-bond acceptors (Lipinski definition) is 5. The number of carbonyl (C=O) groups excluding carboxylic acids is 1. The minimum atomic E-state index is -0.211. The molecule has 6 nitrogen and oxygen atoms in total. The zero-order chi connectivity index (χ0) is 19.0. The molecule has 0 bridgehead atoms. The van der Waals surface area contributed by atoms with E-state index in [9.17, 15) is 4.79 Å².